The van der Waals surface area contributed by atoms with Gasteiger partial charge in [-0.15, -0.1) is 0 Å². The number of nitrogens with zero attached hydrogens (tertiary/aromatic N) is 6. The predicted octanol–water partition coefficient (Wildman–Crippen LogP) is 1.69. The van der Waals surface area contributed by atoms with E-state index in [9.17, 15) is 13.6 Å². The van der Waals surface area contributed by atoms with E-state index in [0.29, 0.717) is 42.9 Å². The van der Waals surface area contributed by atoms with Crippen LogP contribution in [0.4, 0.5) is 20.3 Å². The van der Waals surface area contributed by atoms with Gasteiger partial charge in [-0.1, -0.05) is 0 Å². The minimum absolute atomic E-state index is 0.121. The van der Waals surface area contributed by atoms with Crippen LogP contribution in [0.2, 0.25) is 0 Å². The Morgan fingerprint density at radius 1 is 1.10 bits per heavy atom. The van der Waals surface area contributed by atoms with E-state index in [-0.39, 0.29) is 11.4 Å². The summed E-state index contributed by atoms with van der Waals surface area (Å²) < 4.78 is 31.7. The first-order valence-electron chi connectivity index (χ1n) is 9.20. The number of aryl methyl sites for hydroxylation is 1. The summed E-state index contributed by atoms with van der Waals surface area (Å²) in [5.41, 5.74) is 1.43. The van der Waals surface area contributed by atoms with Crippen LogP contribution in [0.5, 0.6) is 5.88 Å². The molecule has 1 aliphatic rings. The largest absolute Gasteiger partial charge is 0.471 e. The fourth-order valence-electron chi connectivity index (χ4n) is 3.35. The Balaban J connectivity index is 1.53. The van der Waals surface area contributed by atoms with Crippen LogP contribution >= 0.6 is 0 Å². The molecule has 8 nitrogen and oxygen atoms in total. The van der Waals surface area contributed by atoms with Gasteiger partial charge in [-0.3, -0.25) is 4.79 Å². The van der Waals surface area contributed by atoms with E-state index in [1.165, 1.54) is 10.9 Å². The van der Waals surface area contributed by atoms with E-state index in [1.807, 2.05) is 23.1 Å². The summed E-state index contributed by atoms with van der Waals surface area (Å²) in [6, 6.07) is 5.61. The molecular weight excluding hydrogens is 382 g/mol. The van der Waals surface area contributed by atoms with Crippen LogP contribution in [-0.4, -0.2) is 58.7 Å². The molecule has 0 amide bonds. The molecule has 3 heterocycles. The molecule has 0 bridgehead atoms. The average molecular weight is 402 g/mol. The van der Waals surface area contributed by atoms with Gasteiger partial charge in [0.15, 0.2) is 12.4 Å². The lowest BCUT2D eigenvalue weighted by molar-refractivity contribution is 0.0804. The van der Waals surface area contributed by atoms with Crippen molar-refractivity contribution in [2.24, 2.45) is 7.05 Å². The van der Waals surface area contributed by atoms with Gasteiger partial charge in [0.25, 0.3) is 12.0 Å². The number of halogens is 2. The highest BCUT2D eigenvalue weighted by atomic mass is 19.3. The molecule has 1 fully saturated rings. The Morgan fingerprint density at radius 3 is 2.62 bits per heavy atom. The van der Waals surface area contributed by atoms with Crippen molar-refractivity contribution >= 4 is 22.4 Å². The summed E-state index contributed by atoms with van der Waals surface area (Å²) in [6.07, 6.45) is 1.98. The van der Waals surface area contributed by atoms with Crippen LogP contribution in [0.15, 0.2) is 41.7 Å². The zero-order chi connectivity index (χ0) is 20.4. The van der Waals surface area contributed by atoms with Crippen molar-refractivity contribution in [1.82, 2.24) is 19.5 Å². The predicted molar refractivity (Wildman–Crippen MR) is 105 cm³/mol. The van der Waals surface area contributed by atoms with Crippen molar-refractivity contribution in [2.75, 3.05) is 42.6 Å². The van der Waals surface area contributed by atoms with Gasteiger partial charge in [0.1, 0.15) is 6.33 Å². The molecule has 0 spiro atoms. The van der Waals surface area contributed by atoms with Gasteiger partial charge in [-0.2, -0.15) is 0 Å². The number of fused-ring (bicyclic) bond motifs is 1. The molecule has 0 radical (unpaired) electrons. The van der Waals surface area contributed by atoms with Gasteiger partial charge in [0, 0.05) is 51.3 Å². The average Bonchev–Trinajstić information content (AvgIpc) is 2.74. The SMILES string of the molecule is Cn1ccnc(N2CCN(c3ccc4ncnc(OCC(F)F)c4c3)CC2)c1=O. The number of alkyl halides is 2. The Morgan fingerprint density at radius 2 is 1.86 bits per heavy atom. The summed E-state index contributed by atoms with van der Waals surface area (Å²) in [5.74, 6) is 0.594. The second kappa shape index (κ2) is 7.98. The topological polar surface area (TPSA) is 76.4 Å². The van der Waals surface area contributed by atoms with Crippen LogP contribution in [0.1, 0.15) is 0 Å². The zero-order valence-electron chi connectivity index (χ0n) is 15.8. The number of hydrogen-bond donors (Lipinski definition) is 0. The normalized spacial score (nSPS) is 14.6. The number of anilines is 2. The number of benzene rings is 1. The molecule has 1 aromatic carbocycles. The highest BCUT2D eigenvalue weighted by Crippen LogP contribution is 2.27. The lowest BCUT2D eigenvalue weighted by Crippen LogP contribution is -2.48. The third-order valence-corrected chi connectivity index (χ3v) is 4.87. The maximum Gasteiger partial charge on any atom is 0.293 e. The van der Waals surface area contributed by atoms with Crippen molar-refractivity contribution in [3.05, 3.63) is 47.3 Å². The van der Waals surface area contributed by atoms with Crippen molar-refractivity contribution in [1.29, 1.82) is 0 Å². The minimum Gasteiger partial charge on any atom is -0.471 e. The van der Waals surface area contributed by atoms with Gasteiger partial charge in [-0.25, -0.2) is 23.7 Å². The molecule has 0 saturated carbocycles. The first kappa shape index (κ1) is 19.0. The summed E-state index contributed by atoms with van der Waals surface area (Å²) in [4.78, 5) is 28.8. The van der Waals surface area contributed by atoms with E-state index in [1.54, 1.807) is 19.4 Å². The van der Waals surface area contributed by atoms with Crippen molar-refractivity contribution in [3.63, 3.8) is 0 Å². The van der Waals surface area contributed by atoms with Crippen molar-refractivity contribution < 1.29 is 13.5 Å². The molecule has 4 rings (SSSR count). The van der Waals surface area contributed by atoms with Crippen molar-refractivity contribution in [3.8, 4) is 5.88 Å². The highest BCUT2D eigenvalue weighted by molar-refractivity contribution is 5.86. The van der Waals surface area contributed by atoms with Crippen LogP contribution in [0, 0.1) is 0 Å². The molecule has 3 aromatic rings. The number of hydrogen-bond acceptors (Lipinski definition) is 7. The lowest BCUT2D eigenvalue weighted by atomic mass is 10.2. The molecule has 10 heteroatoms. The first-order valence-corrected chi connectivity index (χ1v) is 9.20. The van der Waals surface area contributed by atoms with Gasteiger partial charge < -0.3 is 19.1 Å². The lowest BCUT2D eigenvalue weighted by Gasteiger charge is -2.36. The second-order valence-corrected chi connectivity index (χ2v) is 6.72. The molecule has 1 aliphatic heterocycles. The highest BCUT2D eigenvalue weighted by Gasteiger charge is 2.21. The van der Waals surface area contributed by atoms with E-state index >= 15 is 0 Å². The van der Waals surface area contributed by atoms with E-state index in [2.05, 4.69) is 19.9 Å². The Hall–Kier alpha value is -3.30. The maximum absolute atomic E-state index is 12.5. The number of aromatic nitrogens is 4. The van der Waals surface area contributed by atoms with Gasteiger partial charge in [0.05, 0.1) is 10.9 Å². The molecular formula is C19H20F2N6O2. The third kappa shape index (κ3) is 3.96. The fourth-order valence-corrected chi connectivity index (χ4v) is 3.35. The quantitative estimate of drug-likeness (QED) is 0.643. The fraction of sp³-hybridized carbons (Fsp3) is 0.368. The van der Waals surface area contributed by atoms with E-state index in [4.69, 9.17) is 4.74 Å². The van der Waals surface area contributed by atoms with Crippen LogP contribution in [0.25, 0.3) is 10.9 Å². The van der Waals surface area contributed by atoms with Crippen LogP contribution < -0.4 is 20.1 Å². The second-order valence-electron chi connectivity index (χ2n) is 6.72. The Labute approximate surface area is 165 Å². The molecule has 0 atom stereocenters. The van der Waals surface area contributed by atoms with Crippen molar-refractivity contribution in [2.45, 2.75) is 6.43 Å². The molecule has 1 saturated heterocycles. The molecule has 152 valence electrons. The molecule has 0 aliphatic carbocycles. The smallest absolute Gasteiger partial charge is 0.293 e. The summed E-state index contributed by atoms with van der Waals surface area (Å²) in [6.45, 7) is 1.95. The summed E-state index contributed by atoms with van der Waals surface area (Å²) >= 11 is 0. The molecule has 2 aromatic heterocycles. The summed E-state index contributed by atoms with van der Waals surface area (Å²) in [7, 11) is 1.70. The van der Waals surface area contributed by atoms with E-state index in [0.717, 1.165) is 5.69 Å². The number of rotatable bonds is 5. The molecule has 0 N–H and O–H groups in total. The van der Waals surface area contributed by atoms with Crippen LogP contribution in [0.3, 0.4) is 0 Å². The monoisotopic (exact) mass is 402 g/mol. The van der Waals surface area contributed by atoms with Crippen LogP contribution in [-0.2, 0) is 7.05 Å². The number of ether oxygens (including phenoxy) is 1. The third-order valence-electron chi connectivity index (χ3n) is 4.87. The zero-order valence-corrected chi connectivity index (χ0v) is 15.8. The van der Waals surface area contributed by atoms with Gasteiger partial charge in [0.2, 0.25) is 5.88 Å². The minimum atomic E-state index is -2.57. The Bertz CT molecular complexity index is 1070. The molecule has 29 heavy (non-hydrogen) atoms. The standard InChI is InChI=1S/C19H20F2N6O2/c1-25-5-4-22-17(19(25)28)27-8-6-26(7-9-27)13-2-3-15-14(10-13)18(24-12-23-15)29-11-16(20)21/h2-5,10,12,16H,6-9,11H2,1H3. The summed E-state index contributed by atoms with van der Waals surface area (Å²) in [5, 5.41) is 0.590. The Kier molecular flexibility index (Phi) is 5.24. The maximum atomic E-state index is 12.5. The van der Waals surface area contributed by atoms with E-state index < -0.39 is 13.0 Å². The molecule has 0 unspecified atom stereocenters. The van der Waals surface area contributed by atoms with Gasteiger partial charge >= 0.3 is 0 Å². The first-order chi connectivity index (χ1) is 14.0. The van der Waals surface area contributed by atoms with Gasteiger partial charge in [-0.05, 0) is 18.2 Å². The number of piperazine rings is 1.